The van der Waals surface area contributed by atoms with E-state index >= 15 is 0 Å². The summed E-state index contributed by atoms with van der Waals surface area (Å²) in [5.74, 6) is -0.297. The van der Waals surface area contributed by atoms with E-state index in [1.165, 1.54) is 6.07 Å². The number of carbonyl (C=O) groups excluding carboxylic acids is 1. The molecule has 0 aromatic carbocycles. The molecule has 3 rings (SSSR count). The summed E-state index contributed by atoms with van der Waals surface area (Å²) in [6.07, 6.45) is 4.84. The van der Waals surface area contributed by atoms with Gasteiger partial charge in [0.25, 0.3) is 0 Å². The summed E-state index contributed by atoms with van der Waals surface area (Å²) in [7, 11) is 0. The van der Waals surface area contributed by atoms with Gasteiger partial charge < -0.3 is 18.9 Å². The lowest BCUT2D eigenvalue weighted by atomic mass is 10.2. The SMILES string of the molecule is CC(C)(C)OC(=O)N1CCN(c2cn3ccnc3cc2F)CC1. The van der Waals surface area contributed by atoms with Gasteiger partial charge in [0.15, 0.2) is 5.82 Å². The largest absolute Gasteiger partial charge is 0.444 e. The van der Waals surface area contributed by atoms with Crippen LogP contribution in [0.25, 0.3) is 5.65 Å². The number of nitrogens with zero attached hydrogens (tertiary/aromatic N) is 4. The Bertz CT molecular complexity index is 714. The fourth-order valence-electron chi connectivity index (χ4n) is 2.62. The maximum Gasteiger partial charge on any atom is 0.410 e. The van der Waals surface area contributed by atoms with Gasteiger partial charge in [-0.25, -0.2) is 14.2 Å². The van der Waals surface area contributed by atoms with Crippen LogP contribution in [0.4, 0.5) is 14.9 Å². The number of fused-ring (bicyclic) bond motifs is 1. The molecule has 0 spiro atoms. The third kappa shape index (κ3) is 3.38. The lowest BCUT2D eigenvalue weighted by molar-refractivity contribution is 0.0240. The normalized spacial score (nSPS) is 16.0. The monoisotopic (exact) mass is 320 g/mol. The average molecular weight is 320 g/mol. The minimum atomic E-state index is -0.507. The van der Waals surface area contributed by atoms with Crippen LogP contribution in [-0.2, 0) is 4.74 Å². The quantitative estimate of drug-likeness (QED) is 0.810. The highest BCUT2D eigenvalue weighted by molar-refractivity contribution is 5.68. The molecule has 1 fully saturated rings. The highest BCUT2D eigenvalue weighted by Gasteiger charge is 2.27. The Kier molecular flexibility index (Phi) is 3.87. The first-order valence-electron chi connectivity index (χ1n) is 7.68. The van der Waals surface area contributed by atoms with Gasteiger partial charge in [0.1, 0.15) is 11.2 Å². The number of ether oxygens (including phenoxy) is 1. The van der Waals surface area contributed by atoms with Gasteiger partial charge in [-0.1, -0.05) is 0 Å². The van der Waals surface area contributed by atoms with Gasteiger partial charge in [-0.3, -0.25) is 0 Å². The second kappa shape index (κ2) is 5.72. The highest BCUT2D eigenvalue weighted by atomic mass is 19.1. The first-order chi connectivity index (χ1) is 10.8. The van der Waals surface area contributed by atoms with Gasteiger partial charge in [-0.2, -0.15) is 0 Å². The van der Waals surface area contributed by atoms with Crippen LogP contribution in [0, 0.1) is 5.82 Å². The minimum Gasteiger partial charge on any atom is -0.444 e. The Labute approximate surface area is 134 Å². The van der Waals surface area contributed by atoms with Crippen molar-refractivity contribution < 1.29 is 13.9 Å². The van der Waals surface area contributed by atoms with Crippen LogP contribution in [0.15, 0.2) is 24.7 Å². The van der Waals surface area contributed by atoms with Crippen molar-refractivity contribution in [1.82, 2.24) is 14.3 Å². The molecule has 1 saturated heterocycles. The zero-order valence-corrected chi connectivity index (χ0v) is 13.6. The Balaban J connectivity index is 1.68. The number of hydrogen-bond donors (Lipinski definition) is 0. The minimum absolute atomic E-state index is 0.297. The van der Waals surface area contributed by atoms with Gasteiger partial charge in [-0.15, -0.1) is 0 Å². The fraction of sp³-hybridized carbons (Fsp3) is 0.500. The maximum absolute atomic E-state index is 14.3. The third-order valence-electron chi connectivity index (χ3n) is 3.73. The van der Waals surface area contributed by atoms with Crippen LogP contribution in [0.1, 0.15) is 20.8 Å². The second-order valence-corrected chi connectivity index (χ2v) is 6.65. The van der Waals surface area contributed by atoms with Gasteiger partial charge >= 0.3 is 6.09 Å². The summed E-state index contributed by atoms with van der Waals surface area (Å²) in [4.78, 5) is 19.7. The standard InChI is InChI=1S/C16H21FN4O2/c1-16(2,3)23-15(22)20-8-6-19(7-9-20)13-11-21-5-4-18-14(21)10-12(13)17/h4-5,10-11H,6-9H2,1-3H3. The van der Waals surface area contributed by atoms with E-state index in [1.807, 2.05) is 25.7 Å². The number of aromatic nitrogens is 2. The molecule has 2 aromatic heterocycles. The van der Waals surface area contributed by atoms with E-state index in [-0.39, 0.29) is 11.9 Å². The molecule has 0 unspecified atom stereocenters. The number of imidazole rings is 1. The number of halogens is 1. The zero-order chi connectivity index (χ0) is 16.6. The van der Waals surface area contributed by atoms with Crippen molar-refractivity contribution in [2.45, 2.75) is 26.4 Å². The summed E-state index contributed by atoms with van der Waals surface area (Å²) in [5.41, 5.74) is 0.602. The Morgan fingerprint density at radius 2 is 1.96 bits per heavy atom. The van der Waals surface area contributed by atoms with Crippen LogP contribution in [0.5, 0.6) is 0 Å². The lowest BCUT2D eigenvalue weighted by Crippen LogP contribution is -2.50. The average Bonchev–Trinajstić information content (AvgIpc) is 2.92. The molecule has 0 bridgehead atoms. The van der Waals surface area contributed by atoms with E-state index in [2.05, 4.69) is 4.98 Å². The molecule has 0 radical (unpaired) electrons. The fourth-order valence-corrected chi connectivity index (χ4v) is 2.62. The van der Waals surface area contributed by atoms with E-state index in [4.69, 9.17) is 4.74 Å². The van der Waals surface area contributed by atoms with E-state index in [9.17, 15) is 9.18 Å². The highest BCUT2D eigenvalue weighted by Crippen LogP contribution is 2.22. The molecule has 2 aromatic rings. The molecule has 0 saturated carbocycles. The lowest BCUT2D eigenvalue weighted by Gasteiger charge is -2.36. The van der Waals surface area contributed by atoms with Crippen LogP contribution < -0.4 is 4.90 Å². The maximum atomic E-state index is 14.3. The van der Waals surface area contributed by atoms with E-state index in [0.717, 1.165) is 0 Å². The molecule has 7 heteroatoms. The summed E-state index contributed by atoms with van der Waals surface area (Å²) < 4.78 is 21.4. The van der Waals surface area contributed by atoms with Gasteiger partial charge in [0.05, 0.1) is 5.69 Å². The van der Waals surface area contributed by atoms with E-state index in [1.54, 1.807) is 27.9 Å². The predicted octanol–water partition coefficient (Wildman–Crippen LogP) is 2.53. The Hall–Kier alpha value is -2.31. The van der Waals surface area contributed by atoms with Crippen molar-refractivity contribution >= 4 is 17.4 Å². The molecule has 1 aliphatic rings. The summed E-state index contributed by atoms with van der Waals surface area (Å²) in [6.45, 7) is 7.68. The number of pyridine rings is 1. The van der Waals surface area contributed by atoms with Crippen molar-refractivity contribution in [3.63, 3.8) is 0 Å². The Morgan fingerprint density at radius 3 is 2.61 bits per heavy atom. The van der Waals surface area contributed by atoms with Crippen LogP contribution in [-0.4, -0.2) is 52.2 Å². The van der Waals surface area contributed by atoms with Crippen molar-refractivity contribution in [3.8, 4) is 0 Å². The summed E-state index contributed by atoms with van der Waals surface area (Å²) in [6, 6.07) is 1.43. The van der Waals surface area contributed by atoms with Gasteiger partial charge in [0.2, 0.25) is 0 Å². The number of hydrogen-bond acceptors (Lipinski definition) is 4. The molecular weight excluding hydrogens is 299 g/mol. The Morgan fingerprint density at radius 1 is 1.26 bits per heavy atom. The first-order valence-corrected chi connectivity index (χ1v) is 7.68. The summed E-state index contributed by atoms with van der Waals surface area (Å²) in [5, 5.41) is 0. The van der Waals surface area contributed by atoms with E-state index < -0.39 is 5.60 Å². The predicted molar refractivity (Wildman–Crippen MR) is 85.2 cm³/mol. The van der Waals surface area contributed by atoms with Gasteiger partial charge in [-0.05, 0) is 20.8 Å². The number of piperazine rings is 1. The molecule has 23 heavy (non-hydrogen) atoms. The molecule has 1 amide bonds. The number of anilines is 1. The van der Waals surface area contributed by atoms with Crippen molar-refractivity contribution in [1.29, 1.82) is 0 Å². The molecule has 6 nitrogen and oxygen atoms in total. The van der Waals surface area contributed by atoms with Crippen molar-refractivity contribution in [2.75, 3.05) is 31.1 Å². The third-order valence-corrected chi connectivity index (χ3v) is 3.73. The van der Waals surface area contributed by atoms with Crippen molar-refractivity contribution in [2.24, 2.45) is 0 Å². The number of amides is 1. The van der Waals surface area contributed by atoms with Crippen LogP contribution in [0.2, 0.25) is 0 Å². The molecule has 0 aliphatic carbocycles. The van der Waals surface area contributed by atoms with Crippen LogP contribution >= 0.6 is 0 Å². The molecule has 0 N–H and O–H groups in total. The van der Waals surface area contributed by atoms with Crippen LogP contribution in [0.3, 0.4) is 0 Å². The summed E-state index contributed by atoms with van der Waals surface area (Å²) >= 11 is 0. The van der Waals surface area contributed by atoms with Gasteiger partial charge in [0, 0.05) is 50.8 Å². The first kappa shape index (κ1) is 15.6. The molecular formula is C16H21FN4O2. The van der Waals surface area contributed by atoms with E-state index in [0.29, 0.717) is 37.5 Å². The second-order valence-electron chi connectivity index (χ2n) is 6.65. The zero-order valence-electron chi connectivity index (χ0n) is 13.6. The topological polar surface area (TPSA) is 50.1 Å². The molecule has 3 heterocycles. The number of carbonyl (C=O) groups is 1. The smallest absolute Gasteiger partial charge is 0.410 e. The number of rotatable bonds is 1. The molecule has 1 aliphatic heterocycles. The van der Waals surface area contributed by atoms with Crippen molar-refractivity contribution in [3.05, 3.63) is 30.5 Å². The molecule has 124 valence electrons. The molecule has 0 atom stereocenters.